The average Bonchev–Trinajstić information content (AvgIpc) is 2.77. The Morgan fingerprint density at radius 2 is 2.10 bits per heavy atom. The third-order valence-electron chi connectivity index (χ3n) is 2.43. The van der Waals surface area contributed by atoms with Crippen LogP contribution in [0.25, 0.3) is 0 Å². The van der Waals surface area contributed by atoms with Crippen LogP contribution >= 0.6 is 11.8 Å². The average molecular weight is 301 g/mol. The van der Waals surface area contributed by atoms with Crippen LogP contribution in [0.1, 0.15) is 38.9 Å². The van der Waals surface area contributed by atoms with Crippen LogP contribution in [0.15, 0.2) is 5.16 Å². The lowest BCUT2D eigenvalue weighted by molar-refractivity contribution is -0.143. The molecule has 8 heteroatoms. The van der Waals surface area contributed by atoms with Crippen molar-refractivity contribution in [2.75, 3.05) is 12.4 Å². The minimum absolute atomic E-state index is 0.0877. The van der Waals surface area contributed by atoms with Gasteiger partial charge in [-0.15, -0.1) is 10.2 Å². The van der Waals surface area contributed by atoms with Crippen molar-refractivity contribution in [3.8, 4) is 0 Å². The van der Waals surface area contributed by atoms with Crippen molar-refractivity contribution in [1.29, 1.82) is 0 Å². The minimum atomic E-state index is -0.916. The Labute approximate surface area is 121 Å². The molecule has 1 aromatic rings. The van der Waals surface area contributed by atoms with Gasteiger partial charge in [0, 0.05) is 12.5 Å². The van der Waals surface area contributed by atoms with Crippen LogP contribution in [0.4, 0.5) is 0 Å². The second kappa shape index (κ2) is 7.88. The first-order valence-electron chi connectivity index (χ1n) is 6.39. The van der Waals surface area contributed by atoms with Gasteiger partial charge >= 0.3 is 11.9 Å². The maximum Gasteiger partial charge on any atom is 0.313 e. The van der Waals surface area contributed by atoms with Gasteiger partial charge in [0.25, 0.3) is 0 Å². The fourth-order valence-electron chi connectivity index (χ4n) is 1.61. The Balaban J connectivity index is 2.80. The largest absolute Gasteiger partial charge is 0.481 e. The number of carbonyl (C=O) groups excluding carboxylic acids is 1. The van der Waals surface area contributed by atoms with E-state index in [0.717, 1.165) is 17.6 Å². The molecule has 0 fully saturated rings. The quantitative estimate of drug-likeness (QED) is 0.574. The van der Waals surface area contributed by atoms with Crippen LogP contribution in [0.5, 0.6) is 0 Å². The number of carboxylic acids is 1. The highest BCUT2D eigenvalue weighted by atomic mass is 32.2. The SMILES string of the molecule is CCOC(=O)CCn1c(SCC(=O)O)nnc1C(C)C. The Hall–Kier alpha value is -1.57. The number of esters is 1. The van der Waals surface area contributed by atoms with E-state index in [4.69, 9.17) is 9.84 Å². The highest BCUT2D eigenvalue weighted by molar-refractivity contribution is 7.99. The van der Waals surface area contributed by atoms with Crippen molar-refractivity contribution < 1.29 is 19.4 Å². The Bertz CT molecular complexity index is 473. The van der Waals surface area contributed by atoms with E-state index in [2.05, 4.69) is 10.2 Å². The summed E-state index contributed by atoms with van der Waals surface area (Å²) in [6, 6.07) is 0. The molecule has 0 aliphatic rings. The van der Waals surface area contributed by atoms with E-state index in [1.54, 1.807) is 11.5 Å². The third kappa shape index (κ3) is 4.84. The Morgan fingerprint density at radius 1 is 1.40 bits per heavy atom. The molecule has 0 unspecified atom stereocenters. The standard InChI is InChI=1S/C12H19N3O4S/c1-4-19-10(18)5-6-15-11(8(2)3)13-14-12(15)20-7-9(16)17/h8H,4-7H2,1-3H3,(H,16,17). The summed E-state index contributed by atoms with van der Waals surface area (Å²) in [6.45, 7) is 6.43. The summed E-state index contributed by atoms with van der Waals surface area (Å²) in [5, 5.41) is 17.3. The number of thioether (sulfide) groups is 1. The van der Waals surface area contributed by atoms with Gasteiger partial charge in [-0.05, 0) is 6.92 Å². The van der Waals surface area contributed by atoms with Gasteiger partial charge in [0.15, 0.2) is 5.16 Å². The molecule has 0 radical (unpaired) electrons. The lowest BCUT2D eigenvalue weighted by Crippen LogP contribution is -2.13. The molecule has 7 nitrogen and oxygen atoms in total. The summed E-state index contributed by atoms with van der Waals surface area (Å²) in [5.74, 6) is -0.410. The number of carbonyl (C=O) groups is 2. The predicted molar refractivity (Wildman–Crippen MR) is 73.7 cm³/mol. The van der Waals surface area contributed by atoms with Crippen molar-refractivity contribution in [3.05, 3.63) is 5.82 Å². The number of aliphatic carboxylic acids is 1. The van der Waals surface area contributed by atoms with Crippen LogP contribution in [0, 0.1) is 0 Å². The number of hydrogen-bond acceptors (Lipinski definition) is 6. The topological polar surface area (TPSA) is 94.3 Å². The van der Waals surface area contributed by atoms with E-state index in [0.29, 0.717) is 18.3 Å². The number of aromatic nitrogens is 3. The highest BCUT2D eigenvalue weighted by Gasteiger charge is 2.17. The lowest BCUT2D eigenvalue weighted by Gasteiger charge is -2.11. The molecular formula is C12H19N3O4S. The molecule has 0 amide bonds. The van der Waals surface area contributed by atoms with Gasteiger partial charge < -0.3 is 14.4 Å². The van der Waals surface area contributed by atoms with E-state index < -0.39 is 5.97 Å². The molecule has 1 heterocycles. The van der Waals surface area contributed by atoms with Crippen LogP contribution < -0.4 is 0 Å². The second-order valence-electron chi connectivity index (χ2n) is 4.38. The van der Waals surface area contributed by atoms with Gasteiger partial charge in [-0.3, -0.25) is 9.59 Å². The number of nitrogens with zero attached hydrogens (tertiary/aromatic N) is 3. The first kappa shape index (κ1) is 16.5. The van der Waals surface area contributed by atoms with Gasteiger partial charge in [0.2, 0.25) is 0 Å². The second-order valence-corrected chi connectivity index (χ2v) is 5.33. The molecule has 1 N–H and O–H groups in total. The molecule has 0 aliphatic heterocycles. The van der Waals surface area contributed by atoms with E-state index in [9.17, 15) is 9.59 Å². The smallest absolute Gasteiger partial charge is 0.313 e. The van der Waals surface area contributed by atoms with E-state index in [1.807, 2.05) is 13.8 Å². The third-order valence-corrected chi connectivity index (χ3v) is 3.38. The molecule has 1 rings (SSSR count). The van der Waals surface area contributed by atoms with Crippen molar-refractivity contribution in [2.24, 2.45) is 0 Å². The maximum atomic E-state index is 11.4. The summed E-state index contributed by atoms with van der Waals surface area (Å²) in [7, 11) is 0. The molecule has 0 saturated carbocycles. The van der Waals surface area contributed by atoms with Gasteiger partial charge in [0.1, 0.15) is 5.82 Å². The van der Waals surface area contributed by atoms with Gasteiger partial charge in [0.05, 0.1) is 18.8 Å². The summed E-state index contributed by atoms with van der Waals surface area (Å²) >= 11 is 1.10. The highest BCUT2D eigenvalue weighted by Crippen LogP contribution is 2.21. The van der Waals surface area contributed by atoms with Crippen LogP contribution in [0.2, 0.25) is 0 Å². The molecular weight excluding hydrogens is 282 g/mol. The van der Waals surface area contributed by atoms with Crippen LogP contribution in [-0.2, 0) is 20.9 Å². The number of ether oxygens (including phenoxy) is 1. The summed E-state index contributed by atoms with van der Waals surface area (Å²) in [6.07, 6.45) is 0.215. The van der Waals surface area contributed by atoms with Gasteiger partial charge in [-0.1, -0.05) is 25.6 Å². The number of hydrogen-bond donors (Lipinski definition) is 1. The molecule has 0 aromatic carbocycles. The zero-order chi connectivity index (χ0) is 15.1. The minimum Gasteiger partial charge on any atom is -0.481 e. The van der Waals surface area contributed by atoms with Crippen molar-refractivity contribution >= 4 is 23.7 Å². The molecule has 0 atom stereocenters. The molecule has 0 aliphatic carbocycles. The maximum absolute atomic E-state index is 11.4. The zero-order valence-corrected chi connectivity index (χ0v) is 12.6. The van der Waals surface area contributed by atoms with Crippen molar-refractivity contribution in [3.63, 3.8) is 0 Å². The summed E-state index contributed by atoms with van der Waals surface area (Å²) in [5.41, 5.74) is 0. The fraction of sp³-hybridized carbons (Fsp3) is 0.667. The van der Waals surface area contributed by atoms with E-state index >= 15 is 0 Å². The van der Waals surface area contributed by atoms with Gasteiger partial charge in [-0.2, -0.15) is 0 Å². The normalized spacial score (nSPS) is 10.8. The molecule has 0 bridgehead atoms. The number of carboxylic acid groups (broad SMARTS) is 1. The molecule has 112 valence electrons. The summed E-state index contributed by atoms with van der Waals surface area (Å²) < 4.78 is 6.67. The molecule has 1 aromatic heterocycles. The number of rotatable bonds is 8. The molecule has 0 saturated heterocycles. The van der Waals surface area contributed by atoms with Crippen molar-refractivity contribution in [2.45, 2.75) is 44.8 Å². The lowest BCUT2D eigenvalue weighted by atomic mass is 10.2. The summed E-state index contributed by atoms with van der Waals surface area (Å²) in [4.78, 5) is 22.0. The van der Waals surface area contributed by atoms with Crippen molar-refractivity contribution in [1.82, 2.24) is 14.8 Å². The van der Waals surface area contributed by atoms with E-state index in [1.165, 1.54) is 0 Å². The first-order valence-corrected chi connectivity index (χ1v) is 7.37. The monoisotopic (exact) mass is 301 g/mol. The first-order chi connectivity index (χ1) is 9.45. The zero-order valence-electron chi connectivity index (χ0n) is 11.8. The fourth-order valence-corrected chi connectivity index (χ4v) is 2.30. The van der Waals surface area contributed by atoms with E-state index in [-0.39, 0.29) is 24.1 Å². The van der Waals surface area contributed by atoms with Crippen LogP contribution in [-0.4, -0.2) is 44.2 Å². The molecule has 0 spiro atoms. The molecule has 20 heavy (non-hydrogen) atoms. The van der Waals surface area contributed by atoms with Gasteiger partial charge in [-0.25, -0.2) is 0 Å². The predicted octanol–water partition coefficient (Wildman–Crippen LogP) is 1.53. The van der Waals surface area contributed by atoms with Crippen LogP contribution in [0.3, 0.4) is 0 Å². The Morgan fingerprint density at radius 3 is 2.65 bits per heavy atom. The Kier molecular flexibility index (Phi) is 6.50.